The maximum atomic E-state index is 12.3. The van der Waals surface area contributed by atoms with Gasteiger partial charge >= 0.3 is 12.1 Å². The van der Waals surface area contributed by atoms with Crippen molar-refractivity contribution in [1.29, 1.82) is 0 Å². The molecule has 1 amide bonds. The van der Waals surface area contributed by atoms with Crippen LogP contribution in [0.25, 0.3) is 5.70 Å². The van der Waals surface area contributed by atoms with Crippen molar-refractivity contribution >= 4 is 17.8 Å². The van der Waals surface area contributed by atoms with Crippen LogP contribution in [0, 0.1) is 0 Å². The van der Waals surface area contributed by atoms with Gasteiger partial charge in [-0.1, -0.05) is 30.3 Å². The van der Waals surface area contributed by atoms with E-state index in [9.17, 15) is 9.59 Å². The number of likely N-dealkylation sites (N-methyl/N-ethyl adjacent to an activating group) is 1. The number of aliphatic carboxylic acids is 1. The van der Waals surface area contributed by atoms with Gasteiger partial charge in [0.05, 0.1) is 23.7 Å². The van der Waals surface area contributed by atoms with Crippen molar-refractivity contribution in [2.45, 2.75) is 6.54 Å². The van der Waals surface area contributed by atoms with Crippen LogP contribution in [0.4, 0.5) is 4.79 Å². The molecule has 0 aliphatic carbocycles. The minimum absolute atomic E-state index is 0.115. The van der Waals surface area contributed by atoms with Gasteiger partial charge in [0.1, 0.15) is 12.4 Å². The van der Waals surface area contributed by atoms with Crippen LogP contribution in [0.2, 0.25) is 0 Å². The van der Waals surface area contributed by atoms with E-state index in [0.717, 1.165) is 17.9 Å². The minimum atomic E-state index is -1.11. The molecule has 2 aromatic rings. The zero-order chi connectivity index (χ0) is 22.8. The molecule has 0 aliphatic rings. The number of ether oxygens (including phenoxy) is 2. The van der Waals surface area contributed by atoms with Crippen molar-refractivity contribution in [2.24, 2.45) is 11.6 Å². The van der Waals surface area contributed by atoms with Crippen molar-refractivity contribution < 1.29 is 24.2 Å². The number of hydrogen-bond donors (Lipinski definition) is 3. The van der Waals surface area contributed by atoms with Crippen LogP contribution in [0.15, 0.2) is 72.6 Å². The first-order chi connectivity index (χ1) is 14.8. The second kappa shape index (κ2) is 11.3. The molecule has 0 fully saturated rings. The molecular formula is C22H26N4O5. The number of amides is 1. The molecule has 5 N–H and O–H groups in total. The Morgan fingerprint density at radius 3 is 2.29 bits per heavy atom. The smallest absolute Gasteiger partial charge is 0.410 e. The molecule has 0 aromatic heterocycles. The van der Waals surface area contributed by atoms with E-state index in [1.165, 1.54) is 9.91 Å². The molecule has 0 radical (unpaired) electrons. The van der Waals surface area contributed by atoms with Gasteiger partial charge < -0.3 is 30.2 Å². The first-order valence-electron chi connectivity index (χ1n) is 9.33. The Bertz CT molecular complexity index is 940. The molecule has 2 aromatic carbocycles. The van der Waals surface area contributed by atoms with Crippen molar-refractivity contribution in [3.05, 3.63) is 83.8 Å². The summed E-state index contributed by atoms with van der Waals surface area (Å²) in [4.78, 5) is 24.3. The summed E-state index contributed by atoms with van der Waals surface area (Å²) in [6.07, 6.45) is 1.44. The van der Waals surface area contributed by atoms with E-state index >= 15 is 0 Å². The molecule has 164 valence electrons. The summed E-state index contributed by atoms with van der Waals surface area (Å²) >= 11 is 0. The van der Waals surface area contributed by atoms with Crippen LogP contribution in [0.1, 0.15) is 11.1 Å². The molecule has 0 bridgehead atoms. The van der Waals surface area contributed by atoms with E-state index in [4.69, 9.17) is 26.2 Å². The number of rotatable bonds is 9. The number of hydrazine groups is 1. The molecule has 0 spiro atoms. The van der Waals surface area contributed by atoms with E-state index < -0.39 is 12.1 Å². The molecule has 2 rings (SSSR count). The second-order valence-electron chi connectivity index (χ2n) is 6.65. The first kappa shape index (κ1) is 23.3. The fourth-order valence-electron chi connectivity index (χ4n) is 2.58. The standard InChI is InChI=1S/C22H26N4O5/c1-25(14-16-6-4-3-5-7-16)22(29)31-15-19(26(2)24)21(23)17-8-10-18(11-9-17)30-13-12-20(27)28/h3-13H,14-15,23-24H2,1-2H3,(H,27,28)/b13-12+,21-19-. The summed E-state index contributed by atoms with van der Waals surface area (Å²) in [6, 6.07) is 16.2. The Hall–Kier alpha value is -3.98. The summed E-state index contributed by atoms with van der Waals surface area (Å²) < 4.78 is 10.6. The molecular weight excluding hydrogens is 400 g/mol. The van der Waals surface area contributed by atoms with E-state index in [0.29, 0.717) is 29.3 Å². The van der Waals surface area contributed by atoms with Gasteiger partial charge in [0, 0.05) is 20.6 Å². The van der Waals surface area contributed by atoms with Crippen LogP contribution < -0.4 is 16.3 Å². The second-order valence-corrected chi connectivity index (χ2v) is 6.65. The third-order valence-electron chi connectivity index (χ3n) is 4.22. The van der Waals surface area contributed by atoms with E-state index in [1.54, 1.807) is 38.4 Å². The lowest BCUT2D eigenvalue weighted by molar-refractivity contribution is -0.131. The lowest BCUT2D eigenvalue weighted by Crippen LogP contribution is -2.33. The minimum Gasteiger partial charge on any atom is -0.478 e. The van der Waals surface area contributed by atoms with Crippen LogP contribution in [0.5, 0.6) is 5.75 Å². The van der Waals surface area contributed by atoms with Crippen LogP contribution >= 0.6 is 0 Å². The summed E-state index contributed by atoms with van der Waals surface area (Å²) in [6.45, 7) is 0.293. The molecule has 0 saturated carbocycles. The highest BCUT2D eigenvalue weighted by Crippen LogP contribution is 2.19. The molecule has 31 heavy (non-hydrogen) atoms. The molecule has 0 saturated heterocycles. The van der Waals surface area contributed by atoms with Gasteiger partial charge in [0.25, 0.3) is 0 Å². The van der Waals surface area contributed by atoms with Crippen molar-refractivity contribution in [3.8, 4) is 5.75 Å². The van der Waals surface area contributed by atoms with Gasteiger partial charge in [0.15, 0.2) is 0 Å². The van der Waals surface area contributed by atoms with E-state index in [2.05, 4.69) is 0 Å². The van der Waals surface area contributed by atoms with Crippen LogP contribution in [-0.2, 0) is 16.1 Å². The zero-order valence-corrected chi connectivity index (χ0v) is 17.4. The highest BCUT2D eigenvalue weighted by atomic mass is 16.6. The topological polar surface area (TPSA) is 131 Å². The quantitative estimate of drug-likeness (QED) is 0.241. The van der Waals surface area contributed by atoms with Crippen LogP contribution in [-0.4, -0.2) is 47.8 Å². The average Bonchev–Trinajstić information content (AvgIpc) is 2.74. The van der Waals surface area contributed by atoms with Gasteiger partial charge in [-0.2, -0.15) is 0 Å². The highest BCUT2D eigenvalue weighted by molar-refractivity contribution is 5.79. The van der Waals surface area contributed by atoms with Gasteiger partial charge in [-0.25, -0.2) is 15.4 Å². The number of nitrogens with zero attached hydrogens (tertiary/aromatic N) is 2. The Balaban J connectivity index is 2.04. The molecule has 0 aliphatic heterocycles. The number of carboxylic acids is 1. The maximum absolute atomic E-state index is 12.3. The molecule has 0 unspecified atom stereocenters. The first-order valence-corrected chi connectivity index (χ1v) is 9.33. The molecule has 9 heteroatoms. The predicted octanol–water partition coefficient (Wildman–Crippen LogP) is 2.37. The van der Waals surface area contributed by atoms with Crippen molar-refractivity contribution in [1.82, 2.24) is 9.91 Å². The summed E-state index contributed by atoms with van der Waals surface area (Å²) in [5.74, 6) is 5.21. The Morgan fingerprint density at radius 1 is 1.06 bits per heavy atom. The third kappa shape index (κ3) is 7.41. The molecule has 0 atom stereocenters. The molecule has 9 nitrogen and oxygen atoms in total. The summed E-state index contributed by atoms with van der Waals surface area (Å²) in [5, 5.41) is 9.87. The lowest BCUT2D eigenvalue weighted by atomic mass is 10.1. The number of carboxylic acid groups (broad SMARTS) is 1. The largest absolute Gasteiger partial charge is 0.478 e. The SMILES string of the molecule is CN(Cc1ccccc1)C(=O)OC/C(=C(/N)c1ccc(O/C=C/C(=O)O)cc1)N(C)N. The summed E-state index contributed by atoms with van der Waals surface area (Å²) in [7, 11) is 3.24. The van der Waals surface area contributed by atoms with Crippen LogP contribution in [0.3, 0.4) is 0 Å². The Morgan fingerprint density at radius 2 is 1.71 bits per heavy atom. The fraction of sp³-hybridized carbons (Fsp3) is 0.182. The zero-order valence-electron chi connectivity index (χ0n) is 17.4. The summed E-state index contributed by atoms with van der Waals surface area (Å²) in [5.41, 5.74) is 8.60. The van der Waals surface area contributed by atoms with Gasteiger partial charge in [-0.05, 0) is 35.4 Å². The Kier molecular flexibility index (Phi) is 8.47. The monoisotopic (exact) mass is 426 g/mol. The number of carbonyl (C=O) groups excluding carboxylic acids is 1. The van der Waals surface area contributed by atoms with Crippen molar-refractivity contribution in [3.63, 3.8) is 0 Å². The average molecular weight is 426 g/mol. The number of hydrogen-bond acceptors (Lipinski definition) is 7. The van der Waals surface area contributed by atoms with Crippen molar-refractivity contribution in [2.75, 3.05) is 20.7 Å². The maximum Gasteiger partial charge on any atom is 0.410 e. The Labute approximate surface area is 180 Å². The van der Waals surface area contributed by atoms with Gasteiger partial charge in [-0.15, -0.1) is 0 Å². The number of nitrogens with two attached hydrogens (primary N) is 2. The van der Waals surface area contributed by atoms with E-state index in [1.807, 2.05) is 30.3 Å². The third-order valence-corrected chi connectivity index (χ3v) is 4.22. The predicted molar refractivity (Wildman–Crippen MR) is 116 cm³/mol. The number of carbonyl (C=O) groups is 2. The highest BCUT2D eigenvalue weighted by Gasteiger charge is 2.15. The lowest BCUT2D eigenvalue weighted by Gasteiger charge is -2.22. The van der Waals surface area contributed by atoms with E-state index in [-0.39, 0.29) is 6.61 Å². The number of benzene rings is 2. The normalized spacial score (nSPS) is 11.6. The molecule has 0 heterocycles. The van der Waals surface area contributed by atoms with Gasteiger partial charge in [0.2, 0.25) is 0 Å². The fourth-order valence-corrected chi connectivity index (χ4v) is 2.58. The van der Waals surface area contributed by atoms with Gasteiger partial charge in [-0.3, -0.25) is 0 Å².